The van der Waals surface area contributed by atoms with Crippen molar-refractivity contribution in [3.05, 3.63) is 34.6 Å². The first-order chi connectivity index (χ1) is 10.7. The molecule has 23 heavy (non-hydrogen) atoms. The normalized spacial score (nSPS) is 13.8. The van der Waals surface area contributed by atoms with Gasteiger partial charge < -0.3 is 9.16 Å². The van der Waals surface area contributed by atoms with Crippen molar-refractivity contribution in [1.29, 1.82) is 0 Å². The Morgan fingerprint density at radius 3 is 2.57 bits per heavy atom. The third kappa shape index (κ3) is 4.97. The third-order valence-electron chi connectivity index (χ3n) is 4.07. The van der Waals surface area contributed by atoms with Crippen molar-refractivity contribution in [3.8, 4) is 5.19 Å². The summed E-state index contributed by atoms with van der Waals surface area (Å²) in [6.07, 6.45) is 1.27. The van der Waals surface area contributed by atoms with Crippen LogP contribution in [0.15, 0.2) is 23.8 Å². The number of halogens is 1. The molecule has 0 aliphatic carbocycles. The van der Waals surface area contributed by atoms with Crippen LogP contribution in [0, 0.1) is 0 Å². The summed E-state index contributed by atoms with van der Waals surface area (Å²) in [7, 11) is -1.88. The standard InChI is InChI=1S/C15H22ClN3O2SSi/c1-15(2,3)23(4,5)20-9-13(21-14-19-18-10-22-14)12-7-6-11(16)8-17-12/h6-8,10,13H,9H2,1-5H3/t13-/m1/s1. The highest BCUT2D eigenvalue weighted by atomic mass is 35.5. The number of nitrogens with zero attached hydrogens (tertiary/aromatic N) is 3. The Labute approximate surface area is 147 Å². The summed E-state index contributed by atoms with van der Waals surface area (Å²) >= 11 is 7.27. The quantitative estimate of drug-likeness (QED) is 0.687. The molecule has 0 fully saturated rings. The van der Waals surface area contributed by atoms with Crippen LogP contribution in [-0.4, -0.2) is 30.1 Å². The van der Waals surface area contributed by atoms with Crippen LogP contribution in [0.5, 0.6) is 5.19 Å². The lowest BCUT2D eigenvalue weighted by molar-refractivity contribution is 0.116. The maximum absolute atomic E-state index is 6.29. The molecule has 0 N–H and O–H groups in total. The second-order valence-electron chi connectivity index (χ2n) is 6.78. The van der Waals surface area contributed by atoms with Gasteiger partial charge in [-0.05, 0) is 30.3 Å². The van der Waals surface area contributed by atoms with Gasteiger partial charge in [-0.2, -0.15) is 0 Å². The number of hydrogen-bond donors (Lipinski definition) is 0. The average Bonchev–Trinajstić information content (AvgIpc) is 2.96. The first-order valence-corrected chi connectivity index (χ1v) is 11.5. The van der Waals surface area contributed by atoms with E-state index in [-0.39, 0.29) is 11.1 Å². The van der Waals surface area contributed by atoms with E-state index in [1.165, 1.54) is 11.3 Å². The van der Waals surface area contributed by atoms with Crippen LogP contribution in [0.25, 0.3) is 0 Å². The van der Waals surface area contributed by atoms with Gasteiger partial charge in [0.15, 0.2) is 14.4 Å². The highest BCUT2D eigenvalue weighted by Crippen LogP contribution is 2.37. The molecule has 2 heterocycles. The lowest BCUT2D eigenvalue weighted by atomic mass is 10.2. The fourth-order valence-corrected chi connectivity index (χ4v) is 3.16. The molecule has 2 rings (SSSR count). The minimum Gasteiger partial charge on any atom is -0.457 e. The molecule has 2 aromatic heterocycles. The van der Waals surface area contributed by atoms with E-state index < -0.39 is 8.32 Å². The van der Waals surface area contributed by atoms with Crippen LogP contribution < -0.4 is 4.74 Å². The zero-order valence-electron chi connectivity index (χ0n) is 14.0. The summed E-state index contributed by atoms with van der Waals surface area (Å²) < 4.78 is 12.2. The van der Waals surface area contributed by atoms with E-state index in [0.717, 1.165) is 5.69 Å². The monoisotopic (exact) mass is 371 g/mol. The first kappa shape index (κ1) is 18.3. The predicted molar refractivity (Wildman–Crippen MR) is 95.7 cm³/mol. The molecule has 126 valence electrons. The van der Waals surface area contributed by atoms with Gasteiger partial charge in [-0.3, -0.25) is 4.98 Å². The van der Waals surface area contributed by atoms with E-state index in [1.807, 2.05) is 6.07 Å². The van der Waals surface area contributed by atoms with E-state index in [1.54, 1.807) is 17.8 Å². The molecule has 0 spiro atoms. The van der Waals surface area contributed by atoms with Crippen molar-refractivity contribution in [1.82, 2.24) is 15.2 Å². The SMILES string of the molecule is CC(C)(C)[Si](C)(C)OC[C@@H](Oc1nncs1)c1ccc(Cl)cn1. The van der Waals surface area contributed by atoms with Crippen LogP contribution in [0.2, 0.25) is 23.2 Å². The van der Waals surface area contributed by atoms with Gasteiger partial charge in [-0.1, -0.05) is 43.7 Å². The molecule has 8 heteroatoms. The van der Waals surface area contributed by atoms with Gasteiger partial charge in [0, 0.05) is 6.20 Å². The van der Waals surface area contributed by atoms with Gasteiger partial charge in [0.1, 0.15) is 5.51 Å². The zero-order valence-corrected chi connectivity index (χ0v) is 16.6. The molecular formula is C15H22ClN3O2SSi. The molecule has 2 aromatic rings. The molecular weight excluding hydrogens is 350 g/mol. The maximum atomic E-state index is 6.29. The molecule has 0 unspecified atom stereocenters. The second kappa shape index (κ2) is 7.25. The van der Waals surface area contributed by atoms with Crippen LogP contribution in [0.4, 0.5) is 0 Å². The van der Waals surface area contributed by atoms with E-state index in [2.05, 4.69) is 49.0 Å². The van der Waals surface area contributed by atoms with E-state index in [4.69, 9.17) is 20.8 Å². The number of ether oxygens (including phenoxy) is 1. The van der Waals surface area contributed by atoms with Gasteiger partial charge in [0.2, 0.25) is 0 Å². The molecule has 0 aliphatic heterocycles. The van der Waals surface area contributed by atoms with Crippen molar-refractivity contribution in [2.24, 2.45) is 0 Å². The van der Waals surface area contributed by atoms with Crippen LogP contribution in [0.1, 0.15) is 32.6 Å². The summed E-state index contributed by atoms with van der Waals surface area (Å²) in [6.45, 7) is 11.5. The molecule has 1 atom stereocenters. The lowest BCUT2D eigenvalue weighted by Crippen LogP contribution is -2.42. The number of aromatic nitrogens is 3. The topological polar surface area (TPSA) is 57.1 Å². The number of pyridine rings is 1. The molecule has 0 saturated heterocycles. The molecule has 0 bridgehead atoms. The Bertz CT molecular complexity index is 615. The molecule has 5 nitrogen and oxygen atoms in total. The summed E-state index contributed by atoms with van der Waals surface area (Å²) in [6, 6.07) is 3.65. The van der Waals surface area contributed by atoms with Gasteiger partial charge in [-0.25, -0.2) is 0 Å². The van der Waals surface area contributed by atoms with Gasteiger partial charge in [0.25, 0.3) is 5.19 Å². The first-order valence-electron chi connectivity index (χ1n) is 7.37. The summed E-state index contributed by atoms with van der Waals surface area (Å²) in [5.41, 5.74) is 2.40. The Hall–Kier alpha value is -1.02. The van der Waals surface area contributed by atoms with Crippen LogP contribution in [0.3, 0.4) is 0 Å². The third-order valence-corrected chi connectivity index (χ3v) is 9.37. The Morgan fingerprint density at radius 2 is 2.04 bits per heavy atom. The van der Waals surface area contributed by atoms with Gasteiger partial charge >= 0.3 is 0 Å². The minimum absolute atomic E-state index is 0.133. The molecule has 0 aliphatic rings. The second-order valence-corrected chi connectivity index (χ2v) is 12.8. The molecule has 0 aromatic carbocycles. The summed E-state index contributed by atoms with van der Waals surface area (Å²) in [5, 5.41) is 8.97. The van der Waals surface area contributed by atoms with Gasteiger partial charge in [0.05, 0.1) is 17.3 Å². The lowest BCUT2D eigenvalue weighted by Gasteiger charge is -2.37. The molecule has 0 saturated carbocycles. The maximum Gasteiger partial charge on any atom is 0.294 e. The highest BCUT2D eigenvalue weighted by molar-refractivity contribution is 7.11. The van der Waals surface area contributed by atoms with E-state index in [9.17, 15) is 0 Å². The Kier molecular flexibility index (Phi) is 5.78. The van der Waals surface area contributed by atoms with Crippen LogP contribution in [-0.2, 0) is 4.43 Å². The fraction of sp³-hybridized carbons (Fsp3) is 0.533. The van der Waals surface area contributed by atoms with Crippen molar-refractivity contribution in [2.45, 2.75) is 45.0 Å². The molecule has 0 radical (unpaired) electrons. The molecule has 0 amide bonds. The Morgan fingerprint density at radius 1 is 1.30 bits per heavy atom. The summed E-state index contributed by atoms with van der Waals surface area (Å²) in [4.78, 5) is 4.36. The minimum atomic E-state index is -1.88. The highest BCUT2D eigenvalue weighted by Gasteiger charge is 2.38. The van der Waals surface area contributed by atoms with E-state index >= 15 is 0 Å². The van der Waals surface area contributed by atoms with Crippen molar-refractivity contribution < 1.29 is 9.16 Å². The average molecular weight is 372 g/mol. The zero-order chi connectivity index (χ0) is 17.1. The van der Waals surface area contributed by atoms with Crippen LogP contribution >= 0.6 is 22.9 Å². The number of rotatable bonds is 6. The predicted octanol–water partition coefficient (Wildman–Crippen LogP) is 4.73. The van der Waals surface area contributed by atoms with Gasteiger partial charge in [-0.15, -0.1) is 10.2 Å². The Balaban J connectivity index is 2.15. The van der Waals surface area contributed by atoms with Crippen molar-refractivity contribution in [3.63, 3.8) is 0 Å². The van der Waals surface area contributed by atoms with Crippen molar-refractivity contribution >= 4 is 31.3 Å². The largest absolute Gasteiger partial charge is 0.457 e. The van der Waals surface area contributed by atoms with Crippen molar-refractivity contribution in [2.75, 3.05) is 6.61 Å². The summed E-state index contributed by atoms with van der Waals surface area (Å²) in [5.74, 6) is 0. The number of hydrogen-bond acceptors (Lipinski definition) is 6. The smallest absolute Gasteiger partial charge is 0.294 e. The van der Waals surface area contributed by atoms with E-state index in [0.29, 0.717) is 16.8 Å². The fourth-order valence-electron chi connectivity index (χ4n) is 1.59.